The molecule has 0 aliphatic carbocycles. The third kappa shape index (κ3) is 14.2. The third-order valence-electron chi connectivity index (χ3n) is 2.54. The summed E-state index contributed by atoms with van der Waals surface area (Å²) in [6.45, 7) is 3.52. The Bertz CT molecular complexity index is 504. The molecule has 0 aliphatic rings. The number of hydrogen-bond acceptors (Lipinski definition) is 3. The topological polar surface area (TPSA) is 46.5 Å². The van der Waals surface area contributed by atoms with Gasteiger partial charge in [-0.2, -0.15) is 0 Å². The molecule has 0 rings (SSSR count). The molecule has 3 heteroatoms. The lowest BCUT2D eigenvalue weighted by molar-refractivity contribution is -0.146. The number of allylic oxidation sites excluding steroid dienone is 5. The number of esters is 1. The van der Waals surface area contributed by atoms with Crippen LogP contribution in [0.4, 0.5) is 0 Å². The fourth-order valence-electron chi connectivity index (χ4n) is 1.65. The lowest BCUT2D eigenvalue weighted by atomic mass is 10.1. The van der Waals surface area contributed by atoms with E-state index in [1.807, 2.05) is 18.2 Å². The van der Waals surface area contributed by atoms with E-state index < -0.39 is 0 Å². The second-order valence-corrected chi connectivity index (χ2v) is 4.51. The minimum absolute atomic E-state index is 0.0105. The predicted octanol–water partition coefficient (Wildman–Crippen LogP) is 3.17. The minimum Gasteiger partial charge on any atom is -0.463 e. The van der Waals surface area contributed by atoms with Crippen molar-refractivity contribution in [2.45, 2.75) is 45.6 Å². The van der Waals surface area contributed by atoms with E-state index in [1.165, 1.54) is 6.92 Å². The summed E-state index contributed by atoms with van der Waals surface area (Å²) in [5.74, 6) is 10.6. The lowest BCUT2D eigenvalue weighted by Crippen LogP contribution is -2.15. The Morgan fingerprint density at radius 2 is 1.86 bits per heavy atom. The van der Waals surface area contributed by atoms with E-state index in [0.29, 0.717) is 0 Å². The van der Waals surface area contributed by atoms with Crippen molar-refractivity contribution < 1.29 is 14.6 Å². The maximum Gasteiger partial charge on any atom is 0.302 e. The summed E-state index contributed by atoms with van der Waals surface area (Å²) in [5.41, 5.74) is 0. The summed E-state index contributed by atoms with van der Waals surface area (Å²) >= 11 is 0. The van der Waals surface area contributed by atoms with Crippen molar-refractivity contribution in [2.24, 2.45) is 0 Å². The highest BCUT2D eigenvalue weighted by atomic mass is 16.5. The summed E-state index contributed by atoms with van der Waals surface area (Å²) in [7, 11) is 0. The van der Waals surface area contributed by atoms with Crippen LogP contribution in [0.25, 0.3) is 0 Å². The number of carbonyl (C=O) groups is 1. The zero-order valence-corrected chi connectivity index (χ0v) is 13.3. The maximum absolute atomic E-state index is 11.0. The van der Waals surface area contributed by atoms with Gasteiger partial charge in [0.25, 0.3) is 0 Å². The average molecular weight is 300 g/mol. The maximum atomic E-state index is 11.0. The van der Waals surface area contributed by atoms with Crippen LogP contribution >= 0.6 is 0 Å². The fraction of sp³-hybridized carbons (Fsp3) is 0.421. The van der Waals surface area contributed by atoms with Crippen molar-refractivity contribution in [2.75, 3.05) is 6.61 Å². The molecule has 0 aromatic rings. The summed E-state index contributed by atoms with van der Waals surface area (Å²) < 4.78 is 5.24. The first-order valence-corrected chi connectivity index (χ1v) is 7.46. The molecule has 0 aliphatic heterocycles. The Morgan fingerprint density at radius 1 is 1.14 bits per heavy atom. The SMILES string of the molecule is CCC[C@H](CC/C=C/C=C/C#CC#C/C=C\CO)OC(C)=O. The molecule has 22 heavy (non-hydrogen) atoms. The molecule has 1 N–H and O–H groups in total. The molecule has 0 saturated carbocycles. The van der Waals surface area contributed by atoms with Gasteiger partial charge in [-0.05, 0) is 43.3 Å². The van der Waals surface area contributed by atoms with Crippen LogP contribution in [0.5, 0.6) is 0 Å². The number of aliphatic hydroxyl groups is 1. The van der Waals surface area contributed by atoms with Gasteiger partial charge in [0.1, 0.15) is 6.10 Å². The highest BCUT2D eigenvalue weighted by Crippen LogP contribution is 2.10. The lowest BCUT2D eigenvalue weighted by Gasteiger charge is -2.14. The van der Waals surface area contributed by atoms with E-state index in [0.717, 1.165) is 25.7 Å². The van der Waals surface area contributed by atoms with Crippen LogP contribution in [0.1, 0.15) is 39.5 Å². The first-order chi connectivity index (χ1) is 10.7. The van der Waals surface area contributed by atoms with Crippen LogP contribution in [-0.2, 0) is 9.53 Å². The van der Waals surface area contributed by atoms with E-state index >= 15 is 0 Å². The van der Waals surface area contributed by atoms with Gasteiger partial charge < -0.3 is 9.84 Å². The van der Waals surface area contributed by atoms with Gasteiger partial charge in [0, 0.05) is 6.92 Å². The molecule has 0 amide bonds. The molecule has 0 fully saturated rings. The van der Waals surface area contributed by atoms with Crippen LogP contribution in [0.3, 0.4) is 0 Å². The molecule has 0 radical (unpaired) electrons. The summed E-state index contributed by atoms with van der Waals surface area (Å²) in [4.78, 5) is 11.0. The van der Waals surface area contributed by atoms with E-state index in [-0.39, 0.29) is 18.7 Å². The number of hydrogen-bond donors (Lipinski definition) is 1. The van der Waals surface area contributed by atoms with E-state index in [4.69, 9.17) is 9.84 Å². The summed E-state index contributed by atoms with van der Waals surface area (Å²) in [6.07, 6.45) is 14.2. The zero-order valence-electron chi connectivity index (χ0n) is 13.3. The monoisotopic (exact) mass is 300 g/mol. The zero-order chi connectivity index (χ0) is 16.5. The highest BCUT2D eigenvalue weighted by molar-refractivity contribution is 5.66. The molecule has 0 saturated heterocycles. The van der Waals surface area contributed by atoms with E-state index in [1.54, 1.807) is 18.2 Å². The number of rotatable bonds is 8. The van der Waals surface area contributed by atoms with Gasteiger partial charge in [0.15, 0.2) is 0 Å². The molecule has 118 valence electrons. The van der Waals surface area contributed by atoms with Gasteiger partial charge in [0.2, 0.25) is 0 Å². The number of carbonyl (C=O) groups excluding carboxylic acids is 1. The van der Waals surface area contributed by atoms with Crippen LogP contribution in [-0.4, -0.2) is 23.8 Å². The van der Waals surface area contributed by atoms with Crippen molar-refractivity contribution >= 4 is 5.97 Å². The minimum atomic E-state index is -0.215. The average Bonchev–Trinajstić information content (AvgIpc) is 2.48. The van der Waals surface area contributed by atoms with Gasteiger partial charge in [-0.1, -0.05) is 49.5 Å². The Labute approximate surface area is 133 Å². The largest absolute Gasteiger partial charge is 0.463 e. The molecular formula is C19H24O3. The Kier molecular flexibility index (Phi) is 13.6. The normalized spacial score (nSPS) is 12.0. The molecule has 0 bridgehead atoms. The second-order valence-electron chi connectivity index (χ2n) is 4.51. The molecular weight excluding hydrogens is 276 g/mol. The van der Waals surface area contributed by atoms with Gasteiger partial charge >= 0.3 is 5.97 Å². The van der Waals surface area contributed by atoms with Crippen molar-refractivity contribution in [3.8, 4) is 23.7 Å². The predicted molar refractivity (Wildman–Crippen MR) is 89.8 cm³/mol. The number of ether oxygens (including phenoxy) is 1. The molecule has 0 unspecified atom stereocenters. The first-order valence-electron chi connectivity index (χ1n) is 7.46. The molecule has 0 aromatic carbocycles. The Hall–Kier alpha value is -2.23. The standard InChI is InChI=1S/C19H24O3/c1-3-15-19(22-18(2)21)16-13-11-9-7-5-4-6-8-10-12-14-17-20/h5,7,9,11-12,14,19-20H,3,13,15-17H2,1-2H3/b7-5+,11-9+,14-12-/t19-/m1/s1. The summed E-state index contributed by atoms with van der Waals surface area (Å²) in [5, 5.41) is 8.48. The van der Waals surface area contributed by atoms with Crippen molar-refractivity contribution in [1.82, 2.24) is 0 Å². The second kappa shape index (κ2) is 15.2. The molecule has 3 nitrogen and oxygen atoms in total. The van der Waals surface area contributed by atoms with Gasteiger partial charge in [-0.25, -0.2) is 0 Å². The van der Waals surface area contributed by atoms with Crippen molar-refractivity contribution in [3.63, 3.8) is 0 Å². The smallest absolute Gasteiger partial charge is 0.302 e. The van der Waals surface area contributed by atoms with Crippen LogP contribution in [0.15, 0.2) is 36.5 Å². The molecule has 1 atom stereocenters. The quantitative estimate of drug-likeness (QED) is 0.425. The van der Waals surface area contributed by atoms with Gasteiger partial charge in [-0.3, -0.25) is 4.79 Å². The van der Waals surface area contributed by atoms with Gasteiger partial charge in [0.05, 0.1) is 6.61 Å². The van der Waals surface area contributed by atoms with E-state index in [9.17, 15) is 4.79 Å². The van der Waals surface area contributed by atoms with E-state index in [2.05, 4.69) is 30.6 Å². The third-order valence-corrected chi connectivity index (χ3v) is 2.54. The van der Waals surface area contributed by atoms with Crippen molar-refractivity contribution in [1.29, 1.82) is 0 Å². The Balaban J connectivity index is 3.99. The van der Waals surface area contributed by atoms with Crippen molar-refractivity contribution in [3.05, 3.63) is 36.5 Å². The highest BCUT2D eigenvalue weighted by Gasteiger charge is 2.09. The number of aliphatic hydroxyl groups excluding tert-OH is 1. The first kappa shape index (κ1) is 19.8. The van der Waals surface area contributed by atoms with Gasteiger partial charge in [-0.15, -0.1) is 0 Å². The molecule has 0 spiro atoms. The summed E-state index contributed by atoms with van der Waals surface area (Å²) in [6, 6.07) is 0. The van der Waals surface area contributed by atoms with Crippen LogP contribution in [0.2, 0.25) is 0 Å². The molecule has 0 heterocycles. The van der Waals surface area contributed by atoms with Crippen LogP contribution in [0, 0.1) is 23.7 Å². The fourth-order valence-corrected chi connectivity index (χ4v) is 1.65. The van der Waals surface area contributed by atoms with Crippen LogP contribution < -0.4 is 0 Å². The Morgan fingerprint density at radius 3 is 2.50 bits per heavy atom. The molecule has 0 aromatic heterocycles.